The third kappa shape index (κ3) is 8.70. The van der Waals surface area contributed by atoms with Gasteiger partial charge in [0.2, 0.25) is 0 Å². The largest absolute Gasteiger partial charge is 2.00 e. The molecule has 0 saturated carbocycles. The van der Waals surface area contributed by atoms with Gasteiger partial charge in [-0.3, -0.25) is 0 Å². The molecular weight excluding hydrogens is 557 g/mol. The number of phenolic OH excluding ortho intramolecular Hbond substituents is 1. The van der Waals surface area contributed by atoms with Crippen molar-refractivity contribution >= 4 is 23.5 Å². The number of nitrogens with zero attached hydrogens (tertiary/aromatic N) is 2. The van der Waals surface area contributed by atoms with Crippen LogP contribution in [0.15, 0.2) is 54.9 Å². The van der Waals surface area contributed by atoms with E-state index in [1.807, 2.05) is 12.2 Å². The van der Waals surface area contributed by atoms with Gasteiger partial charge in [0.15, 0.2) is 12.6 Å². The monoisotopic (exact) mass is 579 g/mol. The summed E-state index contributed by atoms with van der Waals surface area (Å²) < 4.78 is 0. The molecule has 2 aliphatic heterocycles. The van der Waals surface area contributed by atoms with Crippen LogP contribution >= 0.6 is 0 Å². The summed E-state index contributed by atoms with van der Waals surface area (Å²) in [5.74, 6) is -0.256. The standard InChI is InChI=1S/C12H8N2.C8H10O5.3Co.2H2O/c1-3-9-5-6-10-4-2-8-14-12(10)11(9)13-7-1;9-6-2-4(7(10)11)1-5(3-6)8(12)13;;;;;/h1-8H;1-3,7-13H;;;;2*1H2/q-2;;;;+2;;. The van der Waals surface area contributed by atoms with Gasteiger partial charge in [0.05, 0.1) is 0 Å². The van der Waals surface area contributed by atoms with Crippen LogP contribution in [-0.4, -0.2) is 36.5 Å². The van der Waals surface area contributed by atoms with Gasteiger partial charge in [0.25, 0.3) is 0 Å². The molecule has 181 valence electrons. The molecule has 2 aromatic carbocycles. The number of hydrogen-bond donors (Lipinski definition) is 5. The van der Waals surface area contributed by atoms with E-state index >= 15 is 0 Å². The summed E-state index contributed by atoms with van der Waals surface area (Å²) in [7, 11) is 0. The Labute approximate surface area is 215 Å². The smallest absolute Gasteiger partial charge is 0.665 e. The molecule has 0 atom stereocenters. The predicted octanol–water partition coefficient (Wildman–Crippen LogP) is 0.0143. The Morgan fingerprint density at radius 2 is 1.03 bits per heavy atom. The van der Waals surface area contributed by atoms with E-state index in [0.29, 0.717) is 0 Å². The zero-order valence-corrected chi connectivity index (χ0v) is 19.3. The van der Waals surface area contributed by atoms with Crippen molar-refractivity contribution in [3.05, 3.63) is 87.1 Å². The Balaban J connectivity index is -0.000000456. The number of aliphatic hydroxyl groups excluding tert-OH is 2. The van der Waals surface area contributed by atoms with E-state index in [1.54, 1.807) is 12.4 Å². The van der Waals surface area contributed by atoms with Crippen LogP contribution in [0.3, 0.4) is 0 Å². The summed E-state index contributed by atoms with van der Waals surface area (Å²) in [6.45, 7) is 0. The fourth-order valence-corrected chi connectivity index (χ4v) is 2.64. The fourth-order valence-electron chi connectivity index (χ4n) is 2.64. The zero-order chi connectivity index (χ0) is 19.4. The second-order valence-corrected chi connectivity index (χ2v) is 5.82. The number of fused-ring (bicyclic) bond motifs is 3. The van der Waals surface area contributed by atoms with Gasteiger partial charge in [0, 0.05) is 44.7 Å². The molecule has 2 heterocycles. The van der Waals surface area contributed by atoms with Crippen LogP contribution in [0.5, 0.6) is 5.75 Å². The van der Waals surface area contributed by atoms with Gasteiger partial charge in [-0.05, 0) is 28.6 Å². The van der Waals surface area contributed by atoms with Gasteiger partial charge in [-0.2, -0.15) is 12.4 Å². The van der Waals surface area contributed by atoms with Crippen molar-refractivity contribution in [1.82, 2.24) is 0 Å². The van der Waals surface area contributed by atoms with E-state index in [2.05, 4.69) is 34.9 Å². The van der Waals surface area contributed by atoms with Crippen molar-refractivity contribution in [3.63, 3.8) is 0 Å². The van der Waals surface area contributed by atoms with Crippen LogP contribution in [0.4, 0.5) is 11.4 Å². The molecule has 0 bridgehead atoms. The Bertz CT molecular complexity index is 951. The second-order valence-electron chi connectivity index (χ2n) is 5.82. The van der Waals surface area contributed by atoms with Gasteiger partial charge in [-0.25, -0.2) is 0 Å². The maximum Gasteiger partial charge on any atom is 2.00 e. The average molecular weight is 579 g/mol. The van der Waals surface area contributed by atoms with Crippen molar-refractivity contribution in [1.29, 1.82) is 0 Å². The molecule has 12 heteroatoms. The van der Waals surface area contributed by atoms with Gasteiger partial charge in [0.1, 0.15) is 5.75 Å². The molecule has 0 aliphatic carbocycles. The van der Waals surface area contributed by atoms with Crippen LogP contribution in [-0.2, 0) is 50.3 Å². The summed E-state index contributed by atoms with van der Waals surface area (Å²) >= 11 is 0. The Kier molecular flexibility index (Phi) is 17.5. The van der Waals surface area contributed by atoms with E-state index in [1.165, 1.54) is 6.07 Å². The first-order chi connectivity index (χ1) is 13.0. The summed E-state index contributed by atoms with van der Waals surface area (Å²) in [6.07, 6.45) is 8.10. The van der Waals surface area contributed by atoms with E-state index in [-0.39, 0.29) is 78.2 Å². The van der Waals surface area contributed by atoms with E-state index in [4.69, 9.17) is 25.5 Å². The SMILES string of the molecule is C1=C[N-]c2c3c(ccc2=C1)=CC=C[N-]3.O.O.Oc1cc(C(O)O)cc(C(O)O)c1.[Co+2].[Co].[Co]. The predicted molar refractivity (Wildman–Crippen MR) is 109 cm³/mol. The molecule has 0 spiro atoms. The van der Waals surface area contributed by atoms with Gasteiger partial charge in [-0.1, -0.05) is 36.4 Å². The number of allylic oxidation sites excluding steroid dienone is 2. The van der Waals surface area contributed by atoms with Gasteiger partial charge >= 0.3 is 16.8 Å². The molecule has 4 rings (SSSR count). The van der Waals surface area contributed by atoms with E-state index < -0.39 is 12.6 Å². The summed E-state index contributed by atoms with van der Waals surface area (Å²) in [5, 5.41) is 55.0. The molecule has 0 amide bonds. The van der Waals surface area contributed by atoms with Crippen molar-refractivity contribution in [3.8, 4) is 5.75 Å². The van der Waals surface area contributed by atoms with Crippen LogP contribution in [0.1, 0.15) is 23.7 Å². The van der Waals surface area contributed by atoms with Crippen LogP contribution in [0.25, 0.3) is 22.8 Å². The first kappa shape index (κ1) is 34.9. The number of benzene rings is 2. The summed E-state index contributed by atoms with van der Waals surface area (Å²) in [4.78, 5) is 0. The summed E-state index contributed by atoms with van der Waals surface area (Å²) in [5.41, 5.74) is 1.96. The summed E-state index contributed by atoms with van der Waals surface area (Å²) in [6, 6.07) is 7.57. The minimum atomic E-state index is -1.75. The second kappa shape index (κ2) is 16.0. The fraction of sp³-hybridized carbons (Fsp3) is 0.100. The van der Waals surface area contributed by atoms with Gasteiger partial charge in [-0.15, -0.1) is 11.4 Å². The molecule has 2 aromatic rings. The third-order valence-corrected chi connectivity index (χ3v) is 3.90. The minimum absolute atomic E-state index is 0. The molecule has 0 saturated heterocycles. The Morgan fingerprint density at radius 3 is 1.38 bits per heavy atom. The van der Waals surface area contributed by atoms with Crippen molar-refractivity contribution in [2.45, 2.75) is 12.6 Å². The molecule has 9 nitrogen and oxygen atoms in total. The first-order valence-electron chi connectivity index (χ1n) is 8.10. The number of rotatable bonds is 2. The number of hydrogen-bond acceptors (Lipinski definition) is 5. The van der Waals surface area contributed by atoms with Gasteiger partial charge < -0.3 is 47.1 Å². The zero-order valence-electron chi connectivity index (χ0n) is 16.1. The van der Waals surface area contributed by atoms with Crippen LogP contribution in [0, 0.1) is 0 Å². The van der Waals surface area contributed by atoms with E-state index in [0.717, 1.165) is 33.9 Å². The number of aliphatic hydroxyl groups is 4. The molecule has 3 radical (unpaired) electrons. The maximum atomic E-state index is 9.05. The quantitative estimate of drug-likeness (QED) is 0.313. The van der Waals surface area contributed by atoms with Crippen LogP contribution in [0.2, 0.25) is 0 Å². The third-order valence-electron chi connectivity index (χ3n) is 3.90. The van der Waals surface area contributed by atoms with Crippen molar-refractivity contribution < 1.29 is 86.8 Å². The Hall–Kier alpha value is -1.66. The van der Waals surface area contributed by atoms with E-state index in [9.17, 15) is 0 Å². The average Bonchev–Trinajstić information content (AvgIpc) is 2.68. The number of aromatic hydroxyl groups is 1. The first-order valence-corrected chi connectivity index (χ1v) is 8.10. The topological polar surface area (TPSA) is 192 Å². The molecule has 0 unspecified atom stereocenters. The molecule has 0 aromatic heterocycles. The van der Waals surface area contributed by atoms with Crippen molar-refractivity contribution in [2.75, 3.05) is 0 Å². The Morgan fingerprint density at radius 1 is 0.656 bits per heavy atom. The van der Waals surface area contributed by atoms with Crippen molar-refractivity contribution in [2.24, 2.45) is 0 Å². The molecule has 0 fully saturated rings. The molecule has 9 N–H and O–H groups in total. The normalized spacial score (nSPS) is 11.3. The number of phenols is 1. The maximum absolute atomic E-state index is 9.05. The van der Waals surface area contributed by atoms with Crippen LogP contribution < -0.4 is 10.4 Å². The molecule has 32 heavy (non-hydrogen) atoms. The molecular formula is C20H22Co3N2O7. The molecule has 2 aliphatic rings. The minimum Gasteiger partial charge on any atom is -0.665 e.